The van der Waals surface area contributed by atoms with Gasteiger partial charge in [-0.1, -0.05) is 29.4 Å². The Labute approximate surface area is 147 Å². The van der Waals surface area contributed by atoms with Gasteiger partial charge in [-0.05, 0) is 36.4 Å². The van der Waals surface area contributed by atoms with E-state index in [0.29, 0.717) is 5.69 Å². The normalized spacial score (nSPS) is 10.6. The lowest BCUT2D eigenvalue weighted by Crippen LogP contribution is -2.14. The summed E-state index contributed by atoms with van der Waals surface area (Å²) >= 11 is 7.40. The third-order valence-corrected chi connectivity index (χ3v) is 4.69. The molecule has 3 rings (SSSR count). The van der Waals surface area contributed by atoms with Crippen LogP contribution in [0.5, 0.6) is 0 Å². The van der Waals surface area contributed by atoms with Gasteiger partial charge in [0.25, 0.3) is 5.91 Å². The zero-order valence-corrected chi connectivity index (χ0v) is 14.2. The second-order valence-electron chi connectivity index (χ2n) is 5.00. The average Bonchev–Trinajstić information content (AvgIpc) is 2.94. The van der Waals surface area contributed by atoms with Gasteiger partial charge in [0.1, 0.15) is 5.82 Å². The monoisotopic (exact) mass is 361 g/mol. The summed E-state index contributed by atoms with van der Waals surface area (Å²) in [6.45, 7) is 0. The van der Waals surface area contributed by atoms with Crippen LogP contribution in [0.3, 0.4) is 0 Å². The minimum atomic E-state index is -0.651. The molecule has 0 saturated carbocycles. The fourth-order valence-electron chi connectivity index (χ4n) is 2.07. The highest BCUT2D eigenvalue weighted by Crippen LogP contribution is 2.27. The van der Waals surface area contributed by atoms with Crippen LogP contribution in [0.4, 0.5) is 10.1 Å². The van der Waals surface area contributed by atoms with Gasteiger partial charge in [-0.15, -0.1) is 0 Å². The molecule has 0 aliphatic rings. The third kappa shape index (κ3) is 3.60. The zero-order chi connectivity index (χ0) is 17.1. The number of nitrogens with zero attached hydrogens (tertiary/aromatic N) is 2. The molecule has 0 bridgehead atoms. The standard InChI is InChI=1S/C17H13ClFN3OS/c1-22-10-9-20-17(22)24-12-7-5-11(6-8-12)21-16(23)15-13(18)3-2-4-14(15)19/h2-10H,1H3,(H,21,23). The van der Waals surface area contributed by atoms with Crippen LogP contribution in [0.15, 0.2) is 64.9 Å². The van der Waals surface area contributed by atoms with Crippen LogP contribution in [-0.4, -0.2) is 15.5 Å². The Hall–Kier alpha value is -2.31. The smallest absolute Gasteiger partial charge is 0.260 e. The fraction of sp³-hybridized carbons (Fsp3) is 0.0588. The highest BCUT2D eigenvalue weighted by atomic mass is 35.5. The molecule has 0 atom stereocenters. The maximum absolute atomic E-state index is 13.8. The highest BCUT2D eigenvalue weighted by Gasteiger charge is 2.15. The molecule has 0 fully saturated rings. The highest BCUT2D eigenvalue weighted by molar-refractivity contribution is 7.99. The molecule has 7 heteroatoms. The molecule has 0 spiro atoms. The van der Waals surface area contributed by atoms with Crippen LogP contribution < -0.4 is 5.32 Å². The molecule has 0 radical (unpaired) electrons. The SMILES string of the molecule is Cn1ccnc1Sc1ccc(NC(=O)c2c(F)cccc2Cl)cc1. The van der Waals surface area contributed by atoms with Crippen molar-refractivity contribution in [2.45, 2.75) is 10.1 Å². The van der Waals surface area contributed by atoms with E-state index in [9.17, 15) is 9.18 Å². The Morgan fingerprint density at radius 3 is 2.62 bits per heavy atom. The fourth-order valence-corrected chi connectivity index (χ4v) is 3.12. The van der Waals surface area contributed by atoms with Gasteiger partial charge in [-0.3, -0.25) is 4.79 Å². The van der Waals surface area contributed by atoms with Gasteiger partial charge in [0, 0.05) is 30.0 Å². The molecule has 4 nitrogen and oxygen atoms in total. The van der Waals surface area contributed by atoms with E-state index in [4.69, 9.17) is 11.6 Å². The van der Waals surface area contributed by atoms with E-state index in [2.05, 4.69) is 10.3 Å². The van der Waals surface area contributed by atoms with Crippen molar-refractivity contribution in [2.24, 2.45) is 7.05 Å². The number of carbonyl (C=O) groups excluding carboxylic acids is 1. The Bertz CT molecular complexity index is 860. The van der Waals surface area contributed by atoms with Crippen molar-refractivity contribution in [3.63, 3.8) is 0 Å². The Morgan fingerprint density at radius 2 is 2.00 bits per heavy atom. The summed E-state index contributed by atoms with van der Waals surface area (Å²) in [6.07, 6.45) is 3.60. The van der Waals surface area contributed by atoms with Gasteiger partial charge in [-0.25, -0.2) is 9.37 Å². The Morgan fingerprint density at radius 1 is 1.25 bits per heavy atom. The number of carbonyl (C=O) groups is 1. The van der Waals surface area contributed by atoms with Crippen LogP contribution in [0.2, 0.25) is 5.02 Å². The van der Waals surface area contributed by atoms with Crippen molar-refractivity contribution in [1.29, 1.82) is 0 Å². The van der Waals surface area contributed by atoms with Crippen molar-refractivity contribution < 1.29 is 9.18 Å². The minimum absolute atomic E-state index is 0.0782. The molecular weight excluding hydrogens is 349 g/mol. The van der Waals surface area contributed by atoms with Gasteiger partial charge >= 0.3 is 0 Å². The predicted octanol–water partition coefficient (Wildman–Crippen LogP) is 4.62. The largest absolute Gasteiger partial charge is 0.329 e. The Kier molecular flexibility index (Phi) is 4.87. The van der Waals surface area contributed by atoms with E-state index < -0.39 is 11.7 Å². The number of hydrogen-bond acceptors (Lipinski definition) is 3. The van der Waals surface area contributed by atoms with Crippen LogP contribution in [0, 0.1) is 5.82 Å². The number of anilines is 1. The van der Waals surface area contributed by atoms with Crippen LogP contribution in [0.1, 0.15) is 10.4 Å². The molecule has 1 amide bonds. The van der Waals surface area contributed by atoms with Crippen LogP contribution in [0.25, 0.3) is 0 Å². The summed E-state index contributed by atoms with van der Waals surface area (Å²) in [5.74, 6) is -1.23. The topological polar surface area (TPSA) is 46.9 Å². The lowest BCUT2D eigenvalue weighted by atomic mass is 10.2. The second kappa shape index (κ2) is 7.07. The first-order chi connectivity index (χ1) is 11.5. The summed E-state index contributed by atoms with van der Waals surface area (Å²) in [5, 5.41) is 3.59. The van der Waals surface area contributed by atoms with E-state index in [1.54, 1.807) is 18.3 Å². The number of amides is 1. The average molecular weight is 362 g/mol. The van der Waals surface area contributed by atoms with E-state index in [0.717, 1.165) is 10.1 Å². The predicted molar refractivity (Wildman–Crippen MR) is 93.1 cm³/mol. The first-order valence-electron chi connectivity index (χ1n) is 7.05. The lowest BCUT2D eigenvalue weighted by Gasteiger charge is -2.08. The van der Waals surface area contributed by atoms with E-state index in [1.165, 1.54) is 30.0 Å². The third-order valence-electron chi connectivity index (χ3n) is 3.29. The molecule has 3 aromatic rings. The molecule has 122 valence electrons. The van der Waals surface area contributed by atoms with Crippen molar-refractivity contribution in [3.05, 3.63) is 71.3 Å². The number of benzene rings is 2. The molecule has 0 aliphatic carbocycles. The minimum Gasteiger partial charge on any atom is -0.329 e. The molecule has 0 unspecified atom stereocenters. The zero-order valence-electron chi connectivity index (χ0n) is 12.7. The number of halogens is 2. The van der Waals surface area contributed by atoms with Gasteiger partial charge in [0.2, 0.25) is 0 Å². The van der Waals surface area contributed by atoms with Crippen molar-refractivity contribution in [3.8, 4) is 0 Å². The van der Waals surface area contributed by atoms with E-state index in [-0.39, 0.29) is 10.6 Å². The van der Waals surface area contributed by atoms with Crippen LogP contribution in [-0.2, 0) is 7.05 Å². The van der Waals surface area contributed by atoms with E-state index >= 15 is 0 Å². The molecule has 1 N–H and O–H groups in total. The molecule has 24 heavy (non-hydrogen) atoms. The molecular formula is C17H13ClFN3OS. The molecule has 1 aromatic heterocycles. The summed E-state index contributed by atoms with van der Waals surface area (Å²) in [5.41, 5.74) is 0.397. The number of imidazole rings is 1. The van der Waals surface area contributed by atoms with Crippen molar-refractivity contribution in [1.82, 2.24) is 9.55 Å². The summed E-state index contributed by atoms with van der Waals surface area (Å²) in [7, 11) is 1.92. The van der Waals surface area contributed by atoms with E-state index in [1.807, 2.05) is 29.9 Å². The summed E-state index contributed by atoms with van der Waals surface area (Å²) in [4.78, 5) is 17.4. The summed E-state index contributed by atoms with van der Waals surface area (Å²) in [6, 6.07) is 11.4. The number of rotatable bonds is 4. The second-order valence-corrected chi connectivity index (χ2v) is 6.45. The molecule has 1 heterocycles. The Balaban J connectivity index is 1.72. The number of hydrogen-bond donors (Lipinski definition) is 1. The van der Waals surface area contributed by atoms with Gasteiger partial charge in [-0.2, -0.15) is 0 Å². The number of aromatic nitrogens is 2. The first kappa shape index (κ1) is 16.5. The number of nitrogens with one attached hydrogen (secondary N) is 1. The van der Waals surface area contributed by atoms with Gasteiger partial charge in [0.05, 0.1) is 10.6 Å². The lowest BCUT2D eigenvalue weighted by molar-refractivity contribution is 0.102. The van der Waals surface area contributed by atoms with Gasteiger partial charge < -0.3 is 9.88 Å². The van der Waals surface area contributed by atoms with Crippen molar-refractivity contribution in [2.75, 3.05) is 5.32 Å². The molecule has 0 aliphatic heterocycles. The molecule has 0 saturated heterocycles. The quantitative estimate of drug-likeness (QED) is 0.737. The number of aryl methyl sites for hydroxylation is 1. The first-order valence-corrected chi connectivity index (χ1v) is 8.24. The van der Waals surface area contributed by atoms with Gasteiger partial charge in [0.15, 0.2) is 5.16 Å². The summed E-state index contributed by atoms with van der Waals surface area (Å²) < 4.78 is 15.7. The van der Waals surface area contributed by atoms with Crippen molar-refractivity contribution >= 4 is 35.0 Å². The maximum Gasteiger partial charge on any atom is 0.260 e. The maximum atomic E-state index is 13.8. The molecule has 2 aromatic carbocycles. The van der Waals surface area contributed by atoms with Crippen LogP contribution >= 0.6 is 23.4 Å².